The van der Waals surface area contributed by atoms with Gasteiger partial charge in [0.05, 0.1) is 23.8 Å². The number of hydrogen-bond acceptors (Lipinski definition) is 4. The molecule has 0 aromatic heterocycles. The minimum absolute atomic E-state index is 0.0240. The molecule has 1 aromatic carbocycles. The first-order chi connectivity index (χ1) is 8.12. The third-order valence-electron chi connectivity index (χ3n) is 3.25. The van der Waals surface area contributed by atoms with Crippen LogP contribution >= 0.6 is 11.6 Å². The maximum absolute atomic E-state index is 10.1. The van der Waals surface area contributed by atoms with Crippen molar-refractivity contribution >= 4 is 11.6 Å². The zero-order valence-electron chi connectivity index (χ0n) is 9.33. The molecule has 3 rings (SSSR count). The number of fused-ring (bicyclic) bond motifs is 1. The molecule has 0 amide bonds. The first-order valence-electron chi connectivity index (χ1n) is 5.72. The van der Waals surface area contributed by atoms with Crippen LogP contribution in [0.2, 0.25) is 5.02 Å². The molecule has 17 heavy (non-hydrogen) atoms. The highest BCUT2D eigenvalue weighted by molar-refractivity contribution is 6.32. The first kappa shape index (κ1) is 11.0. The van der Waals surface area contributed by atoms with E-state index in [9.17, 15) is 5.11 Å². The van der Waals surface area contributed by atoms with Gasteiger partial charge < -0.3 is 20.3 Å². The molecule has 1 fully saturated rings. The van der Waals surface area contributed by atoms with Crippen LogP contribution in [-0.4, -0.2) is 18.3 Å². The molecule has 1 aliphatic heterocycles. The number of nitrogens with two attached hydrogens (primary N) is 1. The Hall–Kier alpha value is -1.13. The summed E-state index contributed by atoms with van der Waals surface area (Å²) < 4.78 is 11.2. The van der Waals surface area contributed by atoms with Gasteiger partial charge in [-0.05, 0) is 12.8 Å². The molecule has 92 valence electrons. The number of hydrogen-bond donors (Lipinski definition) is 2. The third kappa shape index (κ3) is 1.72. The van der Waals surface area contributed by atoms with Crippen molar-refractivity contribution in [3.63, 3.8) is 0 Å². The summed E-state index contributed by atoms with van der Waals surface area (Å²) in [5.41, 5.74) is 6.25. The van der Waals surface area contributed by atoms with Crippen molar-refractivity contribution in [1.82, 2.24) is 0 Å². The highest BCUT2D eigenvalue weighted by Gasteiger charge is 2.46. The first-order valence-corrected chi connectivity index (χ1v) is 6.10. The normalized spacial score (nSPS) is 20.8. The largest absolute Gasteiger partial charge is 0.506 e. The Kier molecular flexibility index (Phi) is 2.38. The van der Waals surface area contributed by atoms with Crippen LogP contribution in [-0.2, 0) is 5.54 Å². The van der Waals surface area contributed by atoms with E-state index in [1.54, 1.807) is 6.07 Å². The van der Waals surface area contributed by atoms with E-state index in [4.69, 9.17) is 26.8 Å². The van der Waals surface area contributed by atoms with Gasteiger partial charge in [-0.1, -0.05) is 11.6 Å². The molecule has 5 heteroatoms. The van der Waals surface area contributed by atoms with E-state index >= 15 is 0 Å². The van der Waals surface area contributed by atoms with Crippen LogP contribution in [0.1, 0.15) is 24.8 Å². The van der Waals surface area contributed by atoms with E-state index in [0.717, 1.165) is 19.3 Å². The second kappa shape index (κ2) is 3.68. The summed E-state index contributed by atoms with van der Waals surface area (Å²) in [6.07, 6.45) is 2.47. The van der Waals surface area contributed by atoms with Crippen molar-refractivity contribution in [1.29, 1.82) is 0 Å². The van der Waals surface area contributed by atoms with Crippen molar-refractivity contribution in [2.45, 2.75) is 24.8 Å². The van der Waals surface area contributed by atoms with E-state index in [1.165, 1.54) is 0 Å². The zero-order chi connectivity index (χ0) is 12.0. The predicted molar refractivity (Wildman–Crippen MR) is 63.8 cm³/mol. The molecule has 1 heterocycles. The average molecular weight is 256 g/mol. The lowest BCUT2D eigenvalue weighted by Crippen LogP contribution is -2.20. The minimum atomic E-state index is -0.507. The Labute approximate surface area is 104 Å². The van der Waals surface area contributed by atoms with Gasteiger partial charge in [0.1, 0.15) is 5.75 Å². The second-order valence-corrected chi connectivity index (χ2v) is 5.02. The summed E-state index contributed by atoms with van der Waals surface area (Å²) in [5.74, 6) is 1.16. The van der Waals surface area contributed by atoms with Crippen LogP contribution in [0.3, 0.4) is 0 Å². The van der Waals surface area contributed by atoms with E-state index in [2.05, 4.69) is 0 Å². The molecular formula is C12H14ClNO3. The Balaban J connectivity index is 2.20. The lowest BCUT2D eigenvalue weighted by Gasteiger charge is -2.19. The van der Waals surface area contributed by atoms with E-state index in [0.29, 0.717) is 30.3 Å². The Morgan fingerprint density at radius 2 is 2.00 bits per heavy atom. The summed E-state index contributed by atoms with van der Waals surface area (Å²) in [7, 11) is 0. The number of ether oxygens (including phenoxy) is 2. The lowest BCUT2D eigenvalue weighted by molar-refractivity contribution is 0.295. The lowest BCUT2D eigenvalue weighted by atomic mass is 10.0. The molecular weight excluding hydrogens is 242 g/mol. The Morgan fingerprint density at radius 3 is 2.71 bits per heavy atom. The van der Waals surface area contributed by atoms with Crippen molar-refractivity contribution in [3.05, 3.63) is 16.7 Å². The molecule has 1 saturated carbocycles. The standard InChI is InChI=1S/C12H14ClNO3/c13-7-6-8-11(17-5-1-4-16-8)9(10(7)15)12(14)2-3-12/h6,15H,1-5,14H2. The van der Waals surface area contributed by atoms with Gasteiger partial charge in [0.15, 0.2) is 11.5 Å². The highest BCUT2D eigenvalue weighted by Crippen LogP contribution is 2.55. The summed E-state index contributed by atoms with van der Waals surface area (Å²) in [5, 5.41) is 10.3. The maximum atomic E-state index is 10.1. The van der Waals surface area contributed by atoms with Crippen LogP contribution in [0.4, 0.5) is 0 Å². The second-order valence-electron chi connectivity index (χ2n) is 4.62. The maximum Gasteiger partial charge on any atom is 0.170 e. The van der Waals surface area contributed by atoms with Crippen LogP contribution in [0, 0.1) is 0 Å². The molecule has 0 atom stereocenters. The predicted octanol–water partition coefficient (Wildman–Crippen LogP) is 2.15. The number of phenolic OH excluding ortho intramolecular Hbond substituents is 1. The minimum Gasteiger partial charge on any atom is -0.506 e. The smallest absolute Gasteiger partial charge is 0.170 e. The van der Waals surface area contributed by atoms with Crippen LogP contribution < -0.4 is 15.2 Å². The van der Waals surface area contributed by atoms with Crippen LogP contribution in [0.5, 0.6) is 17.2 Å². The molecule has 0 saturated heterocycles. The van der Waals surface area contributed by atoms with Crippen molar-refractivity contribution in [2.24, 2.45) is 5.73 Å². The third-order valence-corrected chi connectivity index (χ3v) is 3.54. The van der Waals surface area contributed by atoms with Gasteiger partial charge in [-0.25, -0.2) is 0 Å². The summed E-state index contributed by atoms with van der Waals surface area (Å²) in [6, 6.07) is 1.59. The number of phenols is 1. The number of halogens is 1. The van der Waals surface area contributed by atoms with Gasteiger partial charge in [0.2, 0.25) is 0 Å². The fourth-order valence-electron chi connectivity index (χ4n) is 2.11. The topological polar surface area (TPSA) is 64.7 Å². The van der Waals surface area contributed by atoms with Gasteiger partial charge in [-0.2, -0.15) is 0 Å². The van der Waals surface area contributed by atoms with Gasteiger partial charge in [-0.3, -0.25) is 0 Å². The van der Waals surface area contributed by atoms with Gasteiger partial charge in [0.25, 0.3) is 0 Å². The molecule has 1 aromatic rings. The molecule has 0 radical (unpaired) electrons. The van der Waals surface area contributed by atoms with Crippen molar-refractivity contribution in [3.8, 4) is 17.2 Å². The van der Waals surface area contributed by atoms with Crippen molar-refractivity contribution < 1.29 is 14.6 Å². The zero-order valence-corrected chi connectivity index (χ0v) is 10.1. The number of rotatable bonds is 1. The van der Waals surface area contributed by atoms with E-state index in [1.807, 2.05) is 0 Å². The average Bonchev–Trinajstić information content (AvgIpc) is 3.05. The van der Waals surface area contributed by atoms with E-state index in [-0.39, 0.29) is 10.8 Å². The molecule has 1 aliphatic carbocycles. The molecule has 4 nitrogen and oxygen atoms in total. The van der Waals surface area contributed by atoms with Crippen LogP contribution in [0.25, 0.3) is 0 Å². The SMILES string of the molecule is NC1(c2c(O)c(Cl)cc3c2OCCCO3)CC1. The van der Waals surface area contributed by atoms with E-state index < -0.39 is 5.54 Å². The molecule has 0 unspecified atom stereocenters. The highest BCUT2D eigenvalue weighted by atomic mass is 35.5. The molecule has 0 bridgehead atoms. The quantitative estimate of drug-likeness (QED) is 0.807. The molecule has 3 N–H and O–H groups in total. The van der Waals surface area contributed by atoms with Crippen LogP contribution in [0.15, 0.2) is 6.07 Å². The molecule has 0 spiro atoms. The van der Waals surface area contributed by atoms with Gasteiger partial charge >= 0.3 is 0 Å². The fourth-order valence-corrected chi connectivity index (χ4v) is 2.31. The fraction of sp³-hybridized carbons (Fsp3) is 0.500. The Morgan fingerprint density at radius 1 is 1.29 bits per heavy atom. The summed E-state index contributed by atoms with van der Waals surface area (Å²) in [6.45, 7) is 1.16. The monoisotopic (exact) mass is 255 g/mol. The number of aromatic hydroxyl groups is 1. The number of benzene rings is 1. The van der Waals surface area contributed by atoms with Gasteiger partial charge in [0, 0.05) is 18.0 Å². The Bertz CT molecular complexity index is 471. The summed E-state index contributed by atoms with van der Waals surface area (Å²) in [4.78, 5) is 0. The molecule has 2 aliphatic rings. The van der Waals surface area contributed by atoms with Gasteiger partial charge in [-0.15, -0.1) is 0 Å². The van der Waals surface area contributed by atoms with Crippen molar-refractivity contribution in [2.75, 3.05) is 13.2 Å². The summed E-state index contributed by atoms with van der Waals surface area (Å²) >= 11 is 6.00.